The van der Waals surface area contributed by atoms with Crippen molar-refractivity contribution in [3.8, 4) is 16.9 Å². The SMILES string of the molecule is O=C(OCc1ccccc1)C(F)(F)Oc1ccc(-c2cnc3cnc(C(F)F)n3c2)cc1. The third-order valence-corrected chi connectivity index (χ3v) is 4.49. The Morgan fingerprint density at radius 1 is 0.969 bits per heavy atom. The Bertz CT molecular complexity index is 1230. The van der Waals surface area contributed by atoms with Crippen molar-refractivity contribution < 1.29 is 31.8 Å². The first kappa shape index (κ1) is 21.3. The number of hydrogen-bond acceptors (Lipinski definition) is 5. The largest absolute Gasteiger partial charge is 0.502 e. The molecule has 0 aliphatic carbocycles. The molecule has 2 aromatic carbocycles. The third-order valence-electron chi connectivity index (χ3n) is 4.49. The highest BCUT2D eigenvalue weighted by Crippen LogP contribution is 2.28. The zero-order valence-electron chi connectivity index (χ0n) is 16.3. The van der Waals surface area contributed by atoms with Gasteiger partial charge in [0, 0.05) is 18.0 Å². The van der Waals surface area contributed by atoms with E-state index in [1.807, 2.05) is 0 Å². The highest BCUT2D eigenvalue weighted by Gasteiger charge is 2.44. The number of fused-ring (bicyclic) bond motifs is 1. The molecular formula is C22H15F4N3O3. The molecule has 4 aromatic rings. The number of carbonyl (C=O) groups is 1. The van der Waals surface area contributed by atoms with Gasteiger partial charge in [-0.15, -0.1) is 0 Å². The molecule has 32 heavy (non-hydrogen) atoms. The first-order valence-corrected chi connectivity index (χ1v) is 9.33. The summed E-state index contributed by atoms with van der Waals surface area (Å²) in [5.41, 5.74) is 1.77. The minimum Gasteiger partial charge on any atom is -0.453 e. The van der Waals surface area contributed by atoms with Crippen LogP contribution in [-0.4, -0.2) is 26.4 Å². The van der Waals surface area contributed by atoms with Gasteiger partial charge < -0.3 is 9.47 Å². The van der Waals surface area contributed by atoms with Crippen molar-refractivity contribution in [3.63, 3.8) is 0 Å². The van der Waals surface area contributed by atoms with Gasteiger partial charge >= 0.3 is 12.1 Å². The number of imidazole rings is 1. The van der Waals surface area contributed by atoms with Crippen molar-refractivity contribution in [1.82, 2.24) is 14.4 Å². The van der Waals surface area contributed by atoms with E-state index < -0.39 is 24.3 Å². The molecule has 2 heterocycles. The monoisotopic (exact) mass is 445 g/mol. The number of aromatic nitrogens is 3. The molecule has 0 bridgehead atoms. The van der Waals surface area contributed by atoms with E-state index in [1.54, 1.807) is 30.3 Å². The van der Waals surface area contributed by atoms with Crippen LogP contribution in [0.5, 0.6) is 5.75 Å². The summed E-state index contributed by atoms with van der Waals surface area (Å²) in [6, 6.07) is 13.7. The lowest BCUT2D eigenvalue weighted by Crippen LogP contribution is -2.36. The van der Waals surface area contributed by atoms with Crippen molar-refractivity contribution in [2.75, 3.05) is 0 Å². The van der Waals surface area contributed by atoms with Crippen molar-refractivity contribution in [1.29, 1.82) is 0 Å². The molecule has 0 N–H and O–H groups in total. The molecule has 0 atom stereocenters. The van der Waals surface area contributed by atoms with E-state index >= 15 is 0 Å². The van der Waals surface area contributed by atoms with Gasteiger partial charge in [-0.1, -0.05) is 42.5 Å². The number of ether oxygens (including phenoxy) is 2. The topological polar surface area (TPSA) is 65.7 Å². The summed E-state index contributed by atoms with van der Waals surface area (Å²) < 4.78 is 64.6. The van der Waals surface area contributed by atoms with Gasteiger partial charge in [0.1, 0.15) is 12.4 Å². The Balaban J connectivity index is 1.45. The summed E-state index contributed by atoms with van der Waals surface area (Å²) >= 11 is 0. The van der Waals surface area contributed by atoms with Crippen LogP contribution in [-0.2, 0) is 16.1 Å². The summed E-state index contributed by atoms with van der Waals surface area (Å²) in [6.07, 6.45) is -2.89. The Morgan fingerprint density at radius 2 is 1.69 bits per heavy atom. The van der Waals surface area contributed by atoms with Crippen LogP contribution in [0.1, 0.15) is 17.8 Å². The van der Waals surface area contributed by atoms with E-state index in [1.165, 1.54) is 42.9 Å². The highest BCUT2D eigenvalue weighted by atomic mass is 19.3. The summed E-state index contributed by atoms with van der Waals surface area (Å²) in [7, 11) is 0. The number of esters is 1. The average Bonchev–Trinajstić information content (AvgIpc) is 3.22. The molecule has 164 valence electrons. The Kier molecular flexibility index (Phi) is 5.76. The smallest absolute Gasteiger partial charge is 0.453 e. The van der Waals surface area contributed by atoms with E-state index in [0.717, 1.165) is 4.40 Å². The molecule has 6 nitrogen and oxygen atoms in total. The molecule has 0 aliphatic heterocycles. The van der Waals surface area contributed by atoms with Crippen molar-refractivity contribution in [3.05, 3.63) is 84.6 Å². The molecule has 10 heteroatoms. The van der Waals surface area contributed by atoms with Crippen LogP contribution in [0.15, 0.2) is 73.2 Å². The van der Waals surface area contributed by atoms with Gasteiger partial charge in [-0.3, -0.25) is 4.40 Å². The van der Waals surface area contributed by atoms with Crippen LogP contribution in [0.4, 0.5) is 17.6 Å². The zero-order chi connectivity index (χ0) is 22.7. The van der Waals surface area contributed by atoms with Gasteiger partial charge in [0.2, 0.25) is 0 Å². The van der Waals surface area contributed by atoms with Gasteiger partial charge in [-0.05, 0) is 23.3 Å². The van der Waals surface area contributed by atoms with Gasteiger partial charge in [0.15, 0.2) is 11.5 Å². The maximum Gasteiger partial charge on any atom is 0.502 e. The van der Waals surface area contributed by atoms with E-state index in [4.69, 9.17) is 0 Å². The molecule has 0 radical (unpaired) electrons. The van der Waals surface area contributed by atoms with Crippen molar-refractivity contribution >= 4 is 11.6 Å². The van der Waals surface area contributed by atoms with Gasteiger partial charge in [0.05, 0.1) is 6.20 Å². The number of benzene rings is 2. The number of rotatable bonds is 7. The fourth-order valence-electron chi connectivity index (χ4n) is 2.92. The molecule has 0 unspecified atom stereocenters. The Labute approximate surface area is 179 Å². The second-order valence-corrected chi connectivity index (χ2v) is 6.69. The fourth-order valence-corrected chi connectivity index (χ4v) is 2.92. The molecule has 0 amide bonds. The molecule has 4 rings (SSSR count). The molecular weight excluding hydrogens is 430 g/mol. The summed E-state index contributed by atoms with van der Waals surface area (Å²) in [6.45, 7) is -0.318. The fraction of sp³-hybridized carbons (Fsp3) is 0.136. The van der Waals surface area contributed by atoms with Gasteiger partial charge in [-0.2, -0.15) is 8.78 Å². The second-order valence-electron chi connectivity index (χ2n) is 6.69. The maximum absolute atomic E-state index is 14.1. The minimum absolute atomic E-state index is 0.248. The average molecular weight is 445 g/mol. The second kappa shape index (κ2) is 8.66. The summed E-state index contributed by atoms with van der Waals surface area (Å²) in [5.74, 6) is -2.55. The van der Waals surface area contributed by atoms with E-state index in [0.29, 0.717) is 16.7 Å². The van der Waals surface area contributed by atoms with E-state index in [-0.39, 0.29) is 18.0 Å². The number of carbonyl (C=O) groups excluding carboxylic acids is 1. The summed E-state index contributed by atoms with van der Waals surface area (Å²) in [4.78, 5) is 19.4. The van der Waals surface area contributed by atoms with Crippen LogP contribution >= 0.6 is 0 Å². The van der Waals surface area contributed by atoms with Crippen LogP contribution in [0.2, 0.25) is 0 Å². The molecule has 0 aliphatic rings. The lowest BCUT2D eigenvalue weighted by atomic mass is 10.1. The van der Waals surface area contributed by atoms with Crippen LogP contribution < -0.4 is 4.74 Å². The first-order valence-electron chi connectivity index (χ1n) is 9.33. The highest BCUT2D eigenvalue weighted by molar-refractivity contribution is 5.76. The Hall–Kier alpha value is -3.95. The lowest BCUT2D eigenvalue weighted by molar-refractivity contribution is -0.218. The first-order chi connectivity index (χ1) is 15.3. The number of halogens is 4. The standard InChI is InChI=1S/C22H15F4N3O3/c23-19(24)20-28-11-18-27-10-16(12-29(18)20)15-6-8-17(9-7-15)32-22(25,26)21(30)31-13-14-4-2-1-3-5-14/h1-12,19H,13H2. The molecule has 0 saturated carbocycles. The van der Waals surface area contributed by atoms with Crippen LogP contribution in [0.25, 0.3) is 16.8 Å². The maximum atomic E-state index is 14.1. The van der Waals surface area contributed by atoms with E-state index in [2.05, 4.69) is 19.4 Å². The van der Waals surface area contributed by atoms with Crippen LogP contribution in [0, 0.1) is 0 Å². The normalized spacial score (nSPS) is 11.7. The van der Waals surface area contributed by atoms with E-state index in [9.17, 15) is 22.4 Å². The predicted octanol–water partition coefficient (Wildman–Crippen LogP) is 5.05. The molecule has 0 spiro atoms. The lowest BCUT2D eigenvalue weighted by Gasteiger charge is -2.16. The predicted molar refractivity (Wildman–Crippen MR) is 105 cm³/mol. The minimum atomic E-state index is -4.19. The Morgan fingerprint density at radius 3 is 2.38 bits per heavy atom. The van der Waals surface area contributed by atoms with Gasteiger partial charge in [-0.25, -0.2) is 23.5 Å². The number of nitrogens with zero attached hydrogens (tertiary/aromatic N) is 3. The molecule has 2 aromatic heterocycles. The molecule has 0 fully saturated rings. The van der Waals surface area contributed by atoms with Gasteiger partial charge in [0.25, 0.3) is 6.43 Å². The number of alkyl halides is 4. The van der Waals surface area contributed by atoms with Crippen molar-refractivity contribution in [2.45, 2.75) is 19.1 Å². The van der Waals surface area contributed by atoms with Crippen molar-refractivity contribution in [2.24, 2.45) is 0 Å². The van der Waals surface area contributed by atoms with Crippen LogP contribution in [0.3, 0.4) is 0 Å². The summed E-state index contributed by atoms with van der Waals surface area (Å²) in [5, 5.41) is 0. The molecule has 0 saturated heterocycles. The zero-order valence-corrected chi connectivity index (χ0v) is 16.3. The quantitative estimate of drug-likeness (QED) is 0.294. The third kappa shape index (κ3) is 4.53. The number of hydrogen-bond donors (Lipinski definition) is 0.